The van der Waals surface area contributed by atoms with Gasteiger partial charge in [0.05, 0.1) is 16.8 Å². The highest BCUT2D eigenvalue weighted by Crippen LogP contribution is 2.49. The second-order valence-corrected chi connectivity index (χ2v) is 11.4. The molecule has 1 aliphatic carbocycles. The fourth-order valence-corrected chi connectivity index (χ4v) is 7.07. The van der Waals surface area contributed by atoms with Crippen LogP contribution in [0, 0.1) is 6.92 Å². The Morgan fingerprint density at radius 3 is 2.92 bits per heavy atom. The van der Waals surface area contributed by atoms with Gasteiger partial charge in [-0.25, -0.2) is 4.98 Å². The zero-order valence-electron chi connectivity index (χ0n) is 21.9. The van der Waals surface area contributed by atoms with E-state index in [9.17, 15) is 14.4 Å². The molecule has 7 rings (SSSR count). The first kappa shape index (κ1) is 24.3. The van der Waals surface area contributed by atoms with Gasteiger partial charge in [-0.1, -0.05) is 18.2 Å². The Morgan fingerprint density at radius 1 is 1.23 bits per heavy atom. The number of aryl methyl sites for hydroxylation is 1. The minimum Gasteiger partial charge on any atom is -0.351 e. The average molecular weight is 548 g/mol. The third-order valence-electron chi connectivity index (χ3n) is 7.98. The number of likely N-dealkylation sites (tertiary alicyclic amines) is 1. The summed E-state index contributed by atoms with van der Waals surface area (Å²) in [5, 5.41) is 6.66. The standard InChI is InChI=1S/C31H25N5O3S/c1-17-16-40-28-24(37)13-25-31(2,27(17)28)9-10-36(25)26(38)8-7-19-14-32-29-21(19)12-20(15-33-29)34-30(39)23-11-18-5-3-4-6-22(18)35-23/h3-8,11-16,35H,9-10H2,1-2H3,(H,32,33)(H,34,39)/b8-7+/t31-/m0/s1. The highest BCUT2D eigenvalue weighted by molar-refractivity contribution is 7.12. The van der Waals surface area contributed by atoms with Crippen LogP contribution in [-0.2, 0) is 10.2 Å². The second-order valence-electron chi connectivity index (χ2n) is 10.5. The largest absolute Gasteiger partial charge is 0.351 e. The van der Waals surface area contributed by atoms with Crippen molar-refractivity contribution in [2.75, 3.05) is 11.9 Å². The van der Waals surface area contributed by atoms with Crippen LogP contribution in [0.4, 0.5) is 5.69 Å². The predicted molar refractivity (Wildman–Crippen MR) is 157 cm³/mol. The molecule has 9 heteroatoms. The van der Waals surface area contributed by atoms with Crippen molar-refractivity contribution in [2.24, 2.45) is 0 Å². The fourth-order valence-electron chi connectivity index (χ4n) is 5.98. The Balaban J connectivity index is 1.12. The SMILES string of the molecule is Cc1csc2c1[C@@]1(C)CCN(C(=O)/C=C/c3c[nH]c4ncc(NC(=O)c5cc6ccccc6[nH]5)cc34)C1=CC2=O. The number of anilines is 1. The summed E-state index contributed by atoms with van der Waals surface area (Å²) in [5.74, 6) is -0.477. The number of ketones is 1. The molecule has 5 aromatic rings. The van der Waals surface area contributed by atoms with Crippen LogP contribution in [0.5, 0.6) is 0 Å². The Labute approximate surface area is 233 Å². The lowest BCUT2D eigenvalue weighted by molar-refractivity contribution is -0.123. The van der Waals surface area contributed by atoms with Gasteiger partial charge in [0, 0.05) is 57.9 Å². The molecule has 198 valence electrons. The number of carbonyl (C=O) groups is 3. The summed E-state index contributed by atoms with van der Waals surface area (Å²) in [5.41, 5.74) is 5.88. The minimum absolute atomic E-state index is 0.0334. The van der Waals surface area contributed by atoms with Crippen molar-refractivity contribution in [3.8, 4) is 0 Å². The molecule has 0 saturated carbocycles. The van der Waals surface area contributed by atoms with Crippen LogP contribution >= 0.6 is 11.3 Å². The Hall–Kier alpha value is -4.76. The zero-order chi connectivity index (χ0) is 27.6. The van der Waals surface area contributed by atoms with Gasteiger partial charge in [-0.15, -0.1) is 11.3 Å². The van der Waals surface area contributed by atoms with Crippen LogP contribution in [-0.4, -0.2) is 44.0 Å². The van der Waals surface area contributed by atoms with Gasteiger partial charge in [-0.05, 0) is 61.1 Å². The number of carbonyl (C=O) groups excluding carboxylic acids is 3. The molecule has 40 heavy (non-hydrogen) atoms. The maximum absolute atomic E-state index is 13.4. The van der Waals surface area contributed by atoms with Crippen molar-refractivity contribution in [3.63, 3.8) is 0 Å². The van der Waals surface area contributed by atoms with E-state index in [2.05, 4.69) is 27.2 Å². The number of para-hydroxylation sites is 1. The number of thiophene rings is 1. The molecular formula is C31H25N5O3S. The topological polar surface area (TPSA) is 111 Å². The summed E-state index contributed by atoms with van der Waals surface area (Å²) in [6.45, 7) is 4.70. The molecule has 0 radical (unpaired) electrons. The number of rotatable bonds is 4. The van der Waals surface area contributed by atoms with Gasteiger partial charge in [-0.2, -0.15) is 0 Å². The number of nitrogens with one attached hydrogen (secondary N) is 3. The Bertz CT molecular complexity index is 1910. The lowest BCUT2D eigenvalue weighted by Gasteiger charge is -2.32. The number of fused-ring (bicyclic) bond motifs is 5. The van der Waals surface area contributed by atoms with E-state index in [4.69, 9.17) is 0 Å². The molecule has 4 aromatic heterocycles. The van der Waals surface area contributed by atoms with E-state index in [-0.39, 0.29) is 23.0 Å². The molecule has 3 N–H and O–H groups in total. The molecule has 1 aliphatic heterocycles. The van der Waals surface area contributed by atoms with E-state index in [0.29, 0.717) is 23.6 Å². The van der Waals surface area contributed by atoms with Crippen molar-refractivity contribution in [1.82, 2.24) is 19.9 Å². The molecule has 1 atom stereocenters. The number of amides is 2. The number of nitrogens with zero attached hydrogens (tertiary/aromatic N) is 2. The van der Waals surface area contributed by atoms with Gasteiger partial charge in [0.15, 0.2) is 5.78 Å². The number of allylic oxidation sites excluding steroid dienone is 2. The summed E-state index contributed by atoms with van der Waals surface area (Å²) < 4.78 is 0. The van der Waals surface area contributed by atoms with E-state index >= 15 is 0 Å². The fraction of sp³-hybridized carbons (Fsp3) is 0.161. The molecule has 0 bridgehead atoms. The van der Waals surface area contributed by atoms with Crippen LogP contribution in [0.2, 0.25) is 0 Å². The van der Waals surface area contributed by atoms with Gasteiger partial charge < -0.3 is 20.2 Å². The van der Waals surface area contributed by atoms with Crippen molar-refractivity contribution in [3.05, 3.63) is 99.3 Å². The minimum atomic E-state index is -0.348. The first-order valence-electron chi connectivity index (χ1n) is 13.0. The van der Waals surface area contributed by atoms with Crippen LogP contribution in [0.1, 0.15) is 50.2 Å². The molecule has 0 unspecified atom stereocenters. The van der Waals surface area contributed by atoms with Crippen molar-refractivity contribution in [1.29, 1.82) is 0 Å². The highest BCUT2D eigenvalue weighted by atomic mass is 32.1. The van der Waals surface area contributed by atoms with Gasteiger partial charge in [0.1, 0.15) is 11.3 Å². The molecule has 1 aromatic carbocycles. The Kier molecular flexibility index (Phi) is 5.40. The second kappa shape index (κ2) is 8.89. The number of aromatic nitrogens is 3. The number of hydrogen-bond acceptors (Lipinski definition) is 5. The lowest BCUT2D eigenvalue weighted by Crippen LogP contribution is -2.33. The molecule has 0 spiro atoms. The van der Waals surface area contributed by atoms with Crippen LogP contribution in [0.3, 0.4) is 0 Å². The zero-order valence-corrected chi connectivity index (χ0v) is 22.7. The molecule has 2 amide bonds. The number of aromatic amines is 2. The number of pyridine rings is 1. The Morgan fingerprint density at radius 2 is 2.08 bits per heavy atom. The van der Waals surface area contributed by atoms with Crippen molar-refractivity contribution < 1.29 is 14.4 Å². The van der Waals surface area contributed by atoms with Gasteiger partial charge in [0.25, 0.3) is 11.8 Å². The summed E-state index contributed by atoms with van der Waals surface area (Å²) in [4.78, 5) is 52.3. The summed E-state index contributed by atoms with van der Waals surface area (Å²) in [6, 6.07) is 11.4. The molecule has 2 aliphatic rings. The van der Waals surface area contributed by atoms with Crippen LogP contribution in [0.15, 0.2) is 72.0 Å². The van der Waals surface area contributed by atoms with Gasteiger partial charge in [-0.3, -0.25) is 14.4 Å². The number of hydrogen-bond donors (Lipinski definition) is 3. The molecule has 8 nitrogen and oxygen atoms in total. The molecular weight excluding hydrogens is 522 g/mol. The van der Waals surface area contributed by atoms with Gasteiger partial charge >= 0.3 is 0 Å². The lowest BCUT2D eigenvalue weighted by atomic mass is 9.74. The quantitative estimate of drug-likeness (QED) is 0.242. The van der Waals surface area contributed by atoms with Crippen molar-refractivity contribution >= 4 is 62.6 Å². The van der Waals surface area contributed by atoms with E-state index in [1.165, 1.54) is 17.4 Å². The van der Waals surface area contributed by atoms with E-state index in [0.717, 1.165) is 50.0 Å². The number of H-pyrrole nitrogens is 2. The maximum atomic E-state index is 13.4. The van der Waals surface area contributed by atoms with Crippen LogP contribution < -0.4 is 5.32 Å². The highest BCUT2D eigenvalue weighted by Gasteiger charge is 2.48. The maximum Gasteiger partial charge on any atom is 0.272 e. The van der Waals surface area contributed by atoms with E-state index in [1.807, 2.05) is 48.7 Å². The van der Waals surface area contributed by atoms with Gasteiger partial charge in [0.2, 0.25) is 0 Å². The number of benzene rings is 1. The summed E-state index contributed by atoms with van der Waals surface area (Å²) in [7, 11) is 0. The molecule has 1 saturated heterocycles. The average Bonchev–Trinajstić information content (AvgIpc) is 3.72. The first-order chi connectivity index (χ1) is 19.3. The summed E-state index contributed by atoms with van der Waals surface area (Å²) >= 11 is 1.48. The third-order valence-corrected chi connectivity index (χ3v) is 9.09. The third kappa shape index (κ3) is 3.73. The summed E-state index contributed by atoms with van der Waals surface area (Å²) in [6.07, 6.45) is 9.06. The van der Waals surface area contributed by atoms with Crippen LogP contribution in [0.25, 0.3) is 28.0 Å². The monoisotopic (exact) mass is 547 g/mol. The van der Waals surface area contributed by atoms with E-state index < -0.39 is 0 Å². The predicted octanol–water partition coefficient (Wildman–Crippen LogP) is 5.95. The molecule has 5 heterocycles. The van der Waals surface area contributed by atoms with Crippen molar-refractivity contribution in [2.45, 2.75) is 25.7 Å². The molecule has 1 fully saturated rings. The first-order valence-corrected chi connectivity index (χ1v) is 13.9. The smallest absolute Gasteiger partial charge is 0.272 e. The normalized spacial score (nSPS) is 18.4. The van der Waals surface area contributed by atoms with E-state index in [1.54, 1.807) is 29.4 Å².